The first-order chi connectivity index (χ1) is 12.5. The average molecular weight is 355 g/mol. The summed E-state index contributed by atoms with van der Waals surface area (Å²) in [5.41, 5.74) is 2.15. The van der Waals surface area contributed by atoms with Gasteiger partial charge in [-0.25, -0.2) is 4.98 Å². The molecule has 1 atom stereocenters. The van der Waals surface area contributed by atoms with E-state index in [1.165, 1.54) is 6.42 Å². The molecular formula is C20H29N5O. The Morgan fingerprint density at radius 1 is 1.38 bits per heavy atom. The number of nitrogens with zero attached hydrogens (tertiary/aromatic N) is 4. The predicted octanol–water partition coefficient (Wildman–Crippen LogP) is 1.82. The molecule has 26 heavy (non-hydrogen) atoms. The molecule has 1 aromatic carbocycles. The third-order valence-corrected chi connectivity index (χ3v) is 5.23. The standard InChI is InChI=1S/C20H29N5O/c1-16-21-10-13-25(16)19-7-5-4-6-17(19)14-22-20(26)9-12-24(3)18-8-11-23(2)15-18/h4-7,10,13,18H,8-9,11-12,14-15H2,1-3H3,(H,22,26). The van der Waals surface area contributed by atoms with E-state index in [9.17, 15) is 4.79 Å². The van der Waals surface area contributed by atoms with Gasteiger partial charge in [0.1, 0.15) is 5.82 Å². The van der Waals surface area contributed by atoms with Crippen LogP contribution >= 0.6 is 0 Å². The number of likely N-dealkylation sites (tertiary alicyclic amines) is 1. The summed E-state index contributed by atoms with van der Waals surface area (Å²) >= 11 is 0. The summed E-state index contributed by atoms with van der Waals surface area (Å²) in [6, 6.07) is 8.68. The van der Waals surface area contributed by atoms with Crippen molar-refractivity contribution in [3.63, 3.8) is 0 Å². The molecule has 2 heterocycles. The third kappa shape index (κ3) is 4.51. The maximum absolute atomic E-state index is 12.3. The van der Waals surface area contributed by atoms with Gasteiger partial charge in [0.05, 0.1) is 5.69 Å². The molecule has 1 aliphatic heterocycles. The molecule has 6 nitrogen and oxygen atoms in total. The van der Waals surface area contributed by atoms with Crippen molar-refractivity contribution >= 4 is 5.91 Å². The highest BCUT2D eigenvalue weighted by Gasteiger charge is 2.23. The van der Waals surface area contributed by atoms with E-state index in [-0.39, 0.29) is 5.91 Å². The van der Waals surface area contributed by atoms with E-state index in [0.29, 0.717) is 19.0 Å². The van der Waals surface area contributed by atoms with E-state index < -0.39 is 0 Å². The zero-order chi connectivity index (χ0) is 18.5. The first-order valence-electron chi connectivity index (χ1n) is 9.28. The van der Waals surface area contributed by atoms with Gasteiger partial charge in [0.25, 0.3) is 0 Å². The van der Waals surface area contributed by atoms with E-state index >= 15 is 0 Å². The van der Waals surface area contributed by atoms with Crippen LogP contribution in [-0.2, 0) is 11.3 Å². The summed E-state index contributed by atoms with van der Waals surface area (Å²) in [5.74, 6) is 1.03. The molecule has 1 saturated heterocycles. The van der Waals surface area contributed by atoms with Gasteiger partial charge < -0.3 is 19.7 Å². The Balaban J connectivity index is 1.51. The monoisotopic (exact) mass is 355 g/mol. The van der Waals surface area contributed by atoms with Crippen LogP contribution in [0.4, 0.5) is 0 Å². The van der Waals surface area contributed by atoms with E-state index in [4.69, 9.17) is 0 Å². The topological polar surface area (TPSA) is 53.4 Å². The molecule has 0 radical (unpaired) electrons. The van der Waals surface area contributed by atoms with Gasteiger partial charge in [0, 0.05) is 44.5 Å². The molecule has 1 aromatic heterocycles. The van der Waals surface area contributed by atoms with E-state index in [1.807, 2.05) is 29.8 Å². The Morgan fingerprint density at radius 3 is 2.88 bits per heavy atom. The van der Waals surface area contributed by atoms with Crippen molar-refractivity contribution in [1.82, 2.24) is 24.7 Å². The molecule has 3 rings (SSSR count). The van der Waals surface area contributed by atoms with Gasteiger partial charge in [0.2, 0.25) is 5.91 Å². The van der Waals surface area contributed by atoms with Crippen LogP contribution in [0.25, 0.3) is 5.69 Å². The lowest BCUT2D eigenvalue weighted by Gasteiger charge is -2.23. The number of aromatic nitrogens is 2. The number of rotatable bonds is 7. The molecule has 1 amide bonds. The number of amides is 1. The van der Waals surface area contributed by atoms with Crippen molar-refractivity contribution in [3.8, 4) is 5.69 Å². The van der Waals surface area contributed by atoms with Gasteiger partial charge in [0.15, 0.2) is 0 Å². The minimum Gasteiger partial charge on any atom is -0.352 e. The fourth-order valence-electron chi connectivity index (χ4n) is 3.54. The lowest BCUT2D eigenvalue weighted by Crippen LogP contribution is -2.36. The minimum atomic E-state index is 0.0976. The van der Waals surface area contributed by atoms with Gasteiger partial charge in [-0.2, -0.15) is 0 Å². The molecular weight excluding hydrogens is 326 g/mol. The Morgan fingerprint density at radius 2 is 2.19 bits per heavy atom. The molecule has 6 heteroatoms. The van der Waals surface area contributed by atoms with Gasteiger partial charge in [-0.3, -0.25) is 4.79 Å². The van der Waals surface area contributed by atoms with Crippen LogP contribution < -0.4 is 5.32 Å². The highest BCUT2D eigenvalue weighted by Crippen LogP contribution is 2.16. The maximum Gasteiger partial charge on any atom is 0.221 e. The number of imidazole rings is 1. The minimum absolute atomic E-state index is 0.0976. The molecule has 0 aliphatic carbocycles. The zero-order valence-electron chi connectivity index (χ0n) is 16.0. The average Bonchev–Trinajstić information content (AvgIpc) is 3.26. The fraction of sp³-hybridized carbons (Fsp3) is 0.500. The van der Waals surface area contributed by atoms with Gasteiger partial charge in [-0.05, 0) is 45.6 Å². The number of carbonyl (C=O) groups is 1. The Labute approximate surface area is 155 Å². The number of carbonyl (C=O) groups excluding carboxylic acids is 1. The highest BCUT2D eigenvalue weighted by molar-refractivity contribution is 5.76. The molecule has 1 aliphatic rings. The van der Waals surface area contributed by atoms with Crippen LogP contribution in [0.2, 0.25) is 0 Å². The lowest BCUT2D eigenvalue weighted by atomic mass is 10.1. The van der Waals surface area contributed by atoms with Crippen molar-refractivity contribution in [2.45, 2.75) is 32.4 Å². The molecule has 2 aromatic rings. The Bertz CT molecular complexity index is 741. The summed E-state index contributed by atoms with van der Waals surface area (Å²) in [6.07, 6.45) is 5.46. The number of hydrogen-bond acceptors (Lipinski definition) is 4. The van der Waals surface area contributed by atoms with E-state index in [2.05, 4.69) is 46.3 Å². The number of hydrogen-bond donors (Lipinski definition) is 1. The lowest BCUT2D eigenvalue weighted by molar-refractivity contribution is -0.121. The molecule has 0 saturated carbocycles. The molecule has 0 spiro atoms. The molecule has 1 fully saturated rings. The second kappa shape index (κ2) is 8.47. The van der Waals surface area contributed by atoms with E-state index in [0.717, 1.165) is 36.7 Å². The number of aryl methyl sites for hydroxylation is 1. The van der Waals surface area contributed by atoms with Crippen molar-refractivity contribution in [2.75, 3.05) is 33.7 Å². The fourth-order valence-corrected chi connectivity index (χ4v) is 3.54. The number of benzene rings is 1. The predicted molar refractivity (Wildman–Crippen MR) is 103 cm³/mol. The quantitative estimate of drug-likeness (QED) is 0.823. The highest BCUT2D eigenvalue weighted by atomic mass is 16.1. The summed E-state index contributed by atoms with van der Waals surface area (Å²) in [6.45, 7) is 5.54. The van der Waals surface area contributed by atoms with Gasteiger partial charge in [-0.15, -0.1) is 0 Å². The maximum atomic E-state index is 12.3. The van der Waals surface area contributed by atoms with Crippen molar-refractivity contribution in [3.05, 3.63) is 48.0 Å². The summed E-state index contributed by atoms with van der Waals surface area (Å²) in [7, 11) is 4.27. The summed E-state index contributed by atoms with van der Waals surface area (Å²) in [5, 5.41) is 3.07. The van der Waals surface area contributed by atoms with Crippen molar-refractivity contribution in [2.24, 2.45) is 0 Å². The molecule has 0 bridgehead atoms. The number of likely N-dealkylation sites (N-methyl/N-ethyl adjacent to an activating group) is 2. The largest absolute Gasteiger partial charge is 0.352 e. The zero-order valence-corrected chi connectivity index (χ0v) is 16.0. The SMILES string of the molecule is Cc1nccn1-c1ccccc1CNC(=O)CCN(C)C1CCN(C)C1. The van der Waals surface area contributed by atoms with Crippen LogP contribution in [0, 0.1) is 6.92 Å². The third-order valence-electron chi connectivity index (χ3n) is 5.23. The normalized spacial score (nSPS) is 17.8. The van der Waals surface area contributed by atoms with Crippen LogP contribution in [0.15, 0.2) is 36.7 Å². The van der Waals surface area contributed by atoms with Crippen molar-refractivity contribution < 1.29 is 4.79 Å². The van der Waals surface area contributed by atoms with E-state index in [1.54, 1.807) is 6.20 Å². The molecule has 1 unspecified atom stereocenters. The number of nitrogens with one attached hydrogen (secondary N) is 1. The van der Waals surface area contributed by atoms with Crippen LogP contribution in [0.1, 0.15) is 24.2 Å². The van der Waals surface area contributed by atoms with Crippen LogP contribution in [0.3, 0.4) is 0 Å². The second-order valence-electron chi connectivity index (χ2n) is 7.19. The smallest absolute Gasteiger partial charge is 0.221 e. The van der Waals surface area contributed by atoms with Gasteiger partial charge in [-0.1, -0.05) is 18.2 Å². The van der Waals surface area contributed by atoms with Gasteiger partial charge >= 0.3 is 0 Å². The first-order valence-corrected chi connectivity index (χ1v) is 9.28. The molecule has 1 N–H and O–H groups in total. The molecule has 140 valence electrons. The second-order valence-corrected chi connectivity index (χ2v) is 7.19. The van der Waals surface area contributed by atoms with Crippen LogP contribution in [-0.4, -0.2) is 65.0 Å². The Hall–Kier alpha value is -2.18. The van der Waals surface area contributed by atoms with Crippen molar-refractivity contribution in [1.29, 1.82) is 0 Å². The first kappa shape index (κ1) is 18.6. The Kier molecular flexibility index (Phi) is 6.06. The van der Waals surface area contributed by atoms with Crippen LogP contribution in [0.5, 0.6) is 0 Å². The summed E-state index contributed by atoms with van der Waals surface area (Å²) in [4.78, 5) is 21.2. The summed E-state index contributed by atoms with van der Waals surface area (Å²) < 4.78 is 2.05. The number of para-hydroxylation sites is 1.